The predicted octanol–water partition coefficient (Wildman–Crippen LogP) is 2.54. The van der Waals surface area contributed by atoms with Gasteiger partial charge in [-0.1, -0.05) is 18.2 Å². The number of halogens is 1. The Hall–Kier alpha value is -2.40. The molecule has 154 valence electrons. The van der Waals surface area contributed by atoms with Crippen LogP contribution < -0.4 is 4.74 Å². The maximum atomic E-state index is 15.6. The molecule has 0 bridgehead atoms. The van der Waals surface area contributed by atoms with E-state index in [4.69, 9.17) is 10.00 Å². The van der Waals surface area contributed by atoms with Crippen LogP contribution in [0.5, 0.6) is 5.75 Å². The number of hydrogen-bond acceptors (Lipinski definition) is 6. The van der Waals surface area contributed by atoms with Crippen LogP contribution in [0.4, 0.5) is 4.39 Å². The molecule has 1 aliphatic carbocycles. The van der Waals surface area contributed by atoms with Gasteiger partial charge in [-0.05, 0) is 30.9 Å². The normalized spacial score (nSPS) is 29.3. The molecule has 0 saturated carbocycles. The van der Waals surface area contributed by atoms with Gasteiger partial charge in [0.1, 0.15) is 11.9 Å². The Morgan fingerprint density at radius 1 is 1.38 bits per heavy atom. The fraction of sp³-hybridized carbons (Fsp3) is 0.524. The number of rotatable bonds is 4. The van der Waals surface area contributed by atoms with Crippen LogP contribution in [0.15, 0.2) is 36.6 Å². The lowest BCUT2D eigenvalue weighted by atomic mass is 9.83. The van der Waals surface area contributed by atoms with Crippen molar-refractivity contribution < 1.29 is 17.5 Å². The summed E-state index contributed by atoms with van der Waals surface area (Å²) in [6.45, 7) is 1.49. The van der Waals surface area contributed by atoms with Crippen molar-refractivity contribution in [3.63, 3.8) is 0 Å². The van der Waals surface area contributed by atoms with Gasteiger partial charge in [0, 0.05) is 31.3 Å². The minimum atomic E-state index is -3.50. The molecule has 0 aromatic carbocycles. The van der Waals surface area contributed by atoms with Crippen molar-refractivity contribution in [2.45, 2.75) is 37.0 Å². The van der Waals surface area contributed by atoms with Crippen molar-refractivity contribution in [2.24, 2.45) is 5.92 Å². The molecule has 4 rings (SSSR count). The number of likely N-dealkylation sites (tertiary alicyclic amines) is 1. The Bertz CT molecular complexity index is 993. The fourth-order valence-corrected chi connectivity index (χ4v) is 5.61. The summed E-state index contributed by atoms with van der Waals surface area (Å²) < 4.78 is 45.2. The average molecular weight is 418 g/mol. The van der Waals surface area contributed by atoms with Crippen molar-refractivity contribution in [1.82, 2.24) is 9.88 Å². The summed E-state index contributed by atoms with van der Waals surface area (Å²) in [6.07, 6.45) is 13.7. The van der Waals surface area contributed by atoms with Crippen molar-refractivity contribution >= 4 is 9.84 Å². The second kappa shape index (κ2) is 7.45. The second-order valence-corrected chi connectivity index (χ2v) is 10.4. The Morgan fingerprint density at radius 3 is 2.83 bits per heavy atom. The molecule has 3 aliphatic rings. The first-order valence-electron chi connectivity index (χ1n) is 9.80. The number of piperidine rings is 1. The molecule has 6 nitrogen and oxygen atoms in total. The molecule has 29 heavy (non-hydrogen) atoms. The van der Waals surface area contributed by atoms with E-state index in [0.717, 1.165) is 44.2 Å². The van der Waals surface area contributed by atoms with Gasteiger partial charge in [-0.3, -0.25) is 4.98 Å². The summed E-state index contributed by atoms with van der Waals surface area (Å²) in [5, 5.41) is 9.01. The Morgan fingerprint density at radius 2 is 2.14 bits per heavy atom. The highest BCUT2D eigenvalue weighted by Crippen LogP contribution is 2.41. The predicted molar refractivity (Wildman–Crippen MR) is 107 cm³/mol. The van der Waals surface area contributed by atoms with E-state index in [0.29, 0.717) is 17.4 Å². The molecule has 2 aliphatic heterocycles. The smallest absolute Gasteiger partial charge is 0.179 e. The average Bonchev–Trinajstić information content (AvgIpc) is 3.10. The lowest BCUT2D eigenvalue weighted by Crippen LogP contribution is -2.37. The molecule has 1 saturated heterocycles. The number of allylic oxidation sites excluding steroid dienone is 4. The summed E-state index contributed by atoms with van der Waals surface area (Å²) in [5.74, 6) is -0.255. The molecule has 0 radical (unpaired) electrons. The van der Waals surface area contributed by atoms with E-state index in [1.54, 1.807) is 29.3 Å². The summed E-state index contributed by atoms with van der Waals surface area (Å²) in [5.41, 5.74) is -0.529. The van der Waals surface area contributed by atoms with Crippen LogP contribution in [0.3, 0.4) is 0 Å². The highest BCUT2D eigenvalue weighted by atomic mass is 32.2. The van der Waals surface area contributed by atoms with Crippen molar-refractivity contribution in [2.75, 3.05) is 25.1 Å². The maximum absolute atomic E-state index is 15.6. The number of alkyl halides is 1. The Balaban J connectivity index is 1.52. The Labute approximate surface area is 170 Å². The number of hydrogen-bond donors (Lipinski definition) is 0. The third-order valence-corrected chi connectivity index (χ3v) is 6.95. The number of pyridine rings is 1. The van der Waals surface area contributed by atoms with Gasteiger partial charge in [-0.15, -0.1) is 0 Å². The zero-order valence-electron chi connectivity index (χ0n) is 16.3. The van der Waals surface area contributed by atoms with Crippen LogP contribution >= 0.6 is 0 Å². The standard InChI is InChI=1S/C21H24FN3O3S/c1-29(26,27)13-21(22)7-3-2-4-17(21)18-10-16-11-19(28-20(16)12-24-18)15-5-8-25(14-23)9-6-15/h2-4,7,10,12,15,17,19H,5-6,8-9,11,13H2,1H3. The zero-order chi connectivity index (χ0) is 20.6. The van der Waals surface area contributed by atoms with E-state index in [-0.39, 0.29) is 6.10 Å². The number of nitrogens with zero attached hydrogens (tertiary/aromatic N) is 3. The summed E-state index contributed by atoms with van der Waals surface area (Å²) >= 11 is 0. The largest absolute Gasteiger partial charge is 0.488 e. The first-order valence-corrected chi connectivity index (χ1v) is 11.9. The number of ether oxygens (including phenoxy) is 1. The number of aromatic nitrogens is 1. The maximum Gasteiger partial charge on any atom is 0.179 e. The highest BCUT2D eigenvalue weighted by Gasteiger charge is 2.42. The topological polar surface area (TPSA) is 83.3 Å². The van der Waals surface area contributed by atoms with Crippen LogP contribution in [0.2, 0.25) is 0 Å². The second-order valence-electron chi connectivity index (χ2n) is 8.22. The van der Waals surface area contributed by atoms with Gasteiger partial charge in [-0.25, -0.2) is 12.8 Å². The molecule has 3 unspecified atom stereocenters. The summed E-state index contributed by atoms with van der Waals surface area (Å²) in [7, 11) is -3.50. The molecule has 0 spiro atoms. The lowest BCUT2D eigenvalue weighted by Gasteiger charge is -2.31. The molecular formula is C21H24FN3O3S. The molecule has 8 heteroatoms. The Kier molecular flexibility index (Phi) is 5.11. The molecule has 1 aromatic rings. The molecule has 1 aromatic heterocycles. The van der Waals surface area contributed by atoms with E-state index >= 15 is 4.39 Å². The van der Waals surface area contributed by atoms with Gasteiger partial charge in [0.2, 0.25) is 0 Å². The van der Waals surface area contributed by atoms with Gasteiger partial charge >= 0.3 is 0 Å². The van der Waals surface area contributed by atoms with Gasteiger partial charge in [-0.2, -0.15) is 5.26 Å². The number of nitriles is 1. The van der Waals surface area contributed by atoms with Crippen LogP contribution in [-0.2, 0) is 16.3 Å². The molecular weight excluding hydrogens is 393 g/mol. The monoisotopic (exact) mass is 417 g/mol. The van der Waals surface area contributed by atoms with E-state index in [2.05, 4.69) is 11.2 Å². The molecule has 3 atom stereocenters. The lowest BCUT2D eigenvalue weighted by molar-refractivity contribution is 0.110. The first-order chi connectivity index (χ1) is 13.8. The van der Waals surface area contributed by atoms with Crippen molar-refractivity contribution in [3.05, 3.63) is 47.8 Å². The van der Waals surface area contributed by atoms with E-state index in [1.165, 1.54) is 6.08 Å². The van der Waals surface area contributed by atoms with Gasteiger partial charge < -0.3 is 9.64 Å². The molecule has 0 amide bonds. The SMILES string of the molecule is CS(=O)(=O)CC1(F)C=CC=CC1c1cc2c(cn1)OC(C1CCN(C#N)CC1)C2. The van der Waals surface area contributed by atoms with E-state index in [1.807, 2.05) is 6.07 Å². The van der Waals surface area contributed by atoms with Crippen LogP contribution in [0.25, 0.3) is 0 Å². The summed E-state index contributed by atoms with van der Waals surface area (Å²) in [6, 6.07) is 1.85. The quantitative estimate of drug-likeness (QED) is 0.700. The minimum Gasteiger partial charge on any atom is -0.488 e. The van der Waals surface area contributed by atoms with Crippen LogP contribution in [0.1, 0.15) is 30.0 Å². The van der Waals surface area contributed by atoms with Crippen LogP contribution in [-0.4, -0.2) is 55.2 Å². The third kappa shape index (κ3) is 4.15. The van der Waals surface area contributed by atoms with Crippen molar-refractivity contribution in [3.8, 4) is 11.9 Å². The van der Waals surface area contributed by atoms with Crippen molar-refractivity contribution in [1.29, 1.82) is 5.26 Å². The summed E-state index contributed by atoms with van der Waals surface area (Å²) in [4.78, 5) is 6.18. The van der Waals surface area contributed by atoms with Gasteiger partial charge in [0.15, 0.2) is 21.7 Å². The zero-order valence-corrected chi connectivity index (χ0v) is 17.1. The first kappa shape index (κ1) is 19.9. The van der Waals surface area contributed by atoms with Gasteiger partial charge in [0.25, 0.3) is 0 Å². The fourth-order valence-electron chi connectivity index (χ4n) is 4.53. The molecule has 0 N–H and O–H groups in total. The van der Waals surface area contributed by atoms with Crippen LogP contribution in [0, 0.1) is 17.4 Å². The van der Waals surface area contributed by atoms with E-state index in [9.17, 15) is 8.42 Å². The van der Waals surface area contributed by atoms with Gasteiger partial charge in [0.05, 0.1) is 23.6 Å². The number of sulfone groups is 1. The molecule has 3 heterocycles. The third-order valence-electron chi connectivity index (χ3n) is 5.98. The molecule has 1 fully saturated rings. The van der Waals surface area contributed by atoms with E-state index < -0.39 is 27.2 Å². The highest BCUT2D eigenvalue weighted by molar-refractivity contribution is 7.90. The minimum absolute atomic E-state index is 0.0378. The number of fused-ring (bicyclic) bond motifs is 1.